The van der Waals surface area contributed by atoms with Crippen LogP contribution in [0.4, 0.5) is 0 Å². The summed E-state index contributed by atoms with van der Waals surface area (Å²) in [5.41, 5.74) is 0.870. The van der Waals surface area contributed by atoms with E-state index in [1.807, 2.05) is 0 Å². The smallest absolute Gasteiger partial charge is 0.0895 e. The Kier molecular flexibility index (Phi) is 4.36. The molecule has 1 aliphatic rings. The van der Waals surface area contributed by atoms with Crippen LogP contribution in [0.1, 0.15) is 18.4 Å². The highest BCUT2D eigenvalue weighted by molar-refractivity contribution is 7.17. The molecule has 1 aliphatic heterocycles. The molecule has 2 aromatic rings. The fourth-order valence-corrected chi connectivity index (χ4v) is 3.39. The van der Waals surface area contributed by atoms with E-state index in [2.05, 4.69) is 35.0 Å². The summed E-state index contributed by atoms with van der Waals surface area (Å²) in [6.07, 6.45) is 2.73. The van der Waals surface area contributed by atoms with Gasteiger partial charge in [0.05, 0.1) is 12.2 Å². The van der Waals surface area contributed by atoms with Gasteiger partial charge in [0.1, 0.15) is 0 Å². The maximum atomic E-state index is 9.91. The molecular formula is C16H21NO2S. The Bertz CT molecular complexity index is 562. The summed E-state index contributed by atoms with van der Waals surface area (Å²) in [6, 6.07) is 8.77. The molecule has 20 heavy (non-hydrogen) atoms. The SMILES string of the molecule is OC1(CCCOCCc2ccc3ccsc3c2)CNC1. The van der Waals surface area contributed by atoms with Gasteiger partial charge in [0.2, 0.25) is 0 Å². The van der Waals surface area contributed by atoms with E-state index in [4.69, 9.17) is 4.74 Å². The molecule has 0 amide bonds. The Balaban J connectivity index is 1.35. The standard InChI is InChI=1S/C16H21NO2S/c18-16(11-17-12-16)6-1-7-19-8-4-13-2-3-14-5-9-20-15(14)10-13/h2-3,5,9-10,17-18H,1,4,6-8,11-12H2. The van der Waals surface area contributed by atoms with E-state index in [1.54, 1.807) is 11.3 Å². The van der Waals surface area contributed by atoms with Crippen molar-refractivity contribution in [3.63, 3.8) is 0 Å². The van der Waals surface area contributed by atoms with Crippen molar-refractivity contribution in [3.8, 4) is 0 Å². The quantitative estimate of drug-likeness (QED) is 0.770. The highest BCUT2D eigenvalue weighted by Gasteiger charge is 2.33. The molecule has 0 saturated carbocycles. The molecule has 3 nitrogen and oxygen atoms in total. The zero-order valence-electron chi connectivity index (χ0n) is 11.6. The van der Waals surface area contributed by atoms with Crippen molar-refractivity contribution < 1.29 is 9.84 Å². The van der Waals surface area contributed by atoms with Crippen LogP contribution in [0, 0.1) is 0 Å². The van der Waals surface area contributed by atoms with Gasteiger partial charge in [-0.3, -0.25) is 0 Å². The summed E-state index contributed by atoms with van der Waals surface area (Å²) < 4.78 is 7.02. The molecule has 0 bridgehead atoms. The van der Waals surface area contributed by atoms with Crippen LogP contribution in [-0.2, 0) is 11.2 Å². The minimum Gasteiger partial charge on any atom is -0.387 e. The first kappa shape index (κ1) is 14.0. The molecule has 0 aliphatic carbocycles. The van der Waals surface area contributed by atoms with Crippen molar-refractivity contribution in [2.24, 2.45) is 0 Å². The molecule has 3 rings (SSSR count). The maximum absolute atomic E-state index is 9.91. The summed E-state index contributed by atoms with van der Waals surface area (Å²) in [7, 11) is 0. The Hall–Kier alpha value is -0.940. The molecule has 1 saturated heterocycles. The second-order valence-electron chi connectivity index (χ2n) is 5.59. The predicted molar refractivity (Wildman–Crippen MR) is 83.4 cm³/mol. The first-order valence-corrected chi connectivity index (χ1v) is 8.10. The monoisotopic (exact) mass is 291 g/mol. The van der Waals surface area contributed by atoms with Gasteiger partial charge in [-0.15, -0.1) is 11.3 Å². The average Bonchev–Trinajstić information content (AvgIpc) is 2.88. The van der Waals surface area contributed by atoms with Gasteiger partial charge in [0.15, 0.2) is 0 Å². The van der Waals surface area contributed by atoms with E-state index in [1.165, 1.54) is 15.6 Å². The number of hydrogen-bond donors (Lipinski definition) is 2. The third-order valence-corrected chi connectivity index (χ3v) is 4.77. The molecule has 0 spiro atoms. The lowest BCUT2D eigenvalue weighted by molar-refractivity contribution is -0.0246. The van der Waals surface area contributed by atoms with Gasteiger partial charge in [-0.1, -0.05) is 12.1 Å². The molecule has 4 heteroatoms. The van der Waals surface area contributed by atoms with Crippen LogP contribution in [0.2, 0.25) is 0 Å². The average molecular weight is 291 g/mol. The van der Waals surface area contributed by atoms with Crippen LogP contribution in [0.5, 0.6) is 0 Å². The second kappa shape index (κ2) is 6.22. The van der Waals surface area contributed by atoms with Crippen LogP contribution in [-0.4, -0.2) is 37.0 Å². The number of hydrogen-bond acceptors (Lipinski definition) is 4. The van der Waals surface area contributed by atoms with Crippen LogP contribution in [0.3, 0.4) is 0 Å². The van der Waals surface area contributed by atoms with Gasteiger partial charge >= 0.3 is 0 Å². The topological polar surface area (TPSA) is 41.5 Å². The predicted octanol–water partition coefficient (Wildman–Crippen LogP) is 2.57. The Morgan fingerprint density at radius 1 is 1.25 bits per heavy atom. The molecule has 0 atom stereocenters. The molecule has 0 radical (unpaired) electrons. The fraction of sp³-hybridized carbons (Fsp3) is 0.500. The number of thiophene rings is 1. The van der Waals surface area contributed by atoms with E-state index in [9.17, 15) is 5.11 Å². The minimum atomic E-state index is -0.465. The normalized spacial score (nSPS) is 17.2. The third kappa shape index (κ3) is 3.38. The van der Waals surface area contributed by atoms with Crippen molar-refractivity contribution in [1.82, 2.24) is 5.32 Å². The van der Waals surface area contributed by atoms with E-state index in [-0.39, 0.29) is 0 Å². The van der Waals surface area contributed by atoms with E-state index in [0.717, 1.165) is 45.6 Å². The largest absolute Gasteiger partial charge is 0.387 e. The van der Waals surface area contributed by atoms with Crippen molar-refractivity contribution in [3.05, 3.63) is 35.2 Å². The highest BCUT2D eigenvalue weighted by atomic mass is 32.1. The molecule has 0 unspecified atom stereocenters. The summed E-state index contributed by atoms with van der Waals surface area (Å²) >= 11 is 1.79. The molecule has 1 aromatic heterocycles. The van der Waals surface area contributed by atoms with Gasteiger partial charge < -0.3 is 15.2 Å². The van der Waals surface area contributed by atoms with E-state index in [0.29, 0.717) is 0 Å². The maximum Gasteiger partial charge on any atom is 0.0895 e. The van der Waals surface area contributed by atoms with Crippen molar-refractivity contribution in [1.29, 1.82) is 0 Å². The number of benzene rings is 1. The number of ether oxygens (including phenoxy) is 1. The van der Waals surface area contributed by atoms with Gasteiger partial charge in [0, 0.05) is 24.4 Å². The molecule has 1 fully saturated rings. The van der Waals surface area contributed by atoms with Crippen molar-refractivity contribution in [2.75, 3.05) is 26.3 Å². The lowest BCUT2D eigenvalue weighted by Crippen LogP contribution is -2.59. The van der Waals surface area contributed by atoms with Crippen molar-refractivity contribution in [2.45, 2.75) is 24.9 Å². The molecule has 1 aromatic carbocycles. The van der Waals surface area contributed by atoms with Gasteiger partial charge in [-0.05, 0) is 47.7 Å². The summed E-state index contributed by atoms with van der Waals surface area (Å²) in [4.78, 5) is 0. The van der Waals surface area contributed by atoms with E-state index < -0.39 is 5.60 Å². The second-order valence-corrected chi connectivity index (χ2v) is 6.53. The zero-order chi connectivity index (χ0) is 13.8. The van der Waals surface area contributed by atoms with Crippen LogP contribution in [0.15, 0.2) is 29.6 Å². The third-order valence-electron chi connectivity index (χ3n) is 3.89. The van der Waals surface area contributed by atoms with Gasteiger partial charge in [-0.25, -0.2) is 0 Å². The number of aliphatic hydroxyl groups is 1. The zero-order valence-corrected chi connectivity index (χ0v) is 12.4. The van der Waals surface area contributed by atoms with Crippen LogP contribution >= 0.6 is 11.3 Å². The van der Waals surface area contributed by atoms with Crippen LogP contribution < -0.4 is 5.32 Å². The number of β-amino-alcohol motifs (C(OH)–C–C–N with tert-alkyl or cyclic N) is 1. The lowest BCUT2D eigenvalue weighted by atomic mass is 9.92. The summed E-state index contributed by atoms with van der Waals surface area (Å²) in [6.45, 7) is 2.96. The van der Waals surface area contributed by atoms with Gasteiger partial charge in [-0.2, -0.15) is 0 Å². The minimum absolute atomic E-state index is 0.465. The van der Waals surface area contributed by atoms with Crippen molar-refractivity contribution >= 4 is 21.4 Å². The highest BCUT2D eigenvalue weighted by Crippen LogP contribution is 2.22. The number of fused-ring (bicyclic) bond motifs is 1. The number of nitrogens with one attached hydrogen (secondary N) is 1. The summed E-state index contributed by atoms with van der Waals surface area (Å²) in [5, 5.41) is 16.5. The van der Waals surface area contributed by atoms with Gasteiger partial charge in [0.25, 0.3) is 0 Å². The fourth-order valence-electron chi connectivity index (χ4n) is 2.54. The molecular weight excluding hydrogens is 270 g/mol. The molecule has 2 heterocycles. The number of rotatable bonds is 7. The first-order chi connectivity index (χ1) is 9.75. The Morgan fingerprint density at radius 2 is 2.15 bits per heavy atom. The molecule has 108 valence electrons. The van der Waals surface area contributed by atoms with E-state index >= 15 is 0 Å². The van der Waals surface area contributed by atoms with Crippen LogP contribution in [0.25, 0.3) is 10.1 Å². The first-order valence-electron chi connectivity index (χ1n) is 7.22. The Morgan fingerprint density at radius 3 is 2.95 bits per heavy atom. The molecule has 2 N–H and O–H groups in total. The summed E-state index contributed by atoms with van der Waals surface area (Å²) in [5.74, 6) is 0. The Labute approximate surface area is 123 Å². The lowest BCUT2D eigenvalue weighted by Gasteiger charge is -2.37.